The number of morpholine rings is 1. The van der Waals surface area contributed by atoms with Crippen molar-refractivity contribution in [2.45, 2.75) is 26.7 Å². The maximum atomic E-state index is 12.3. The Morgan fingerprint density at radius 2 is 1.90 bits per heavy atom. The van der Waals surface area contributed by atoms with Gasteiger partial charge in [-0.05, 0) is 37.1 Å². The predicted octanol–water partition coefficient (Wildman–Crippen LogP) is 0.689. The Labute approximate surface area is 181 Å². The Morgan fingerprint density at radius 1 is 1.13 bits per heavy atom. The van der Waals surface area contributed by atoms with Gasteiger partial charge >= 0.3 is 11.8 Å². The van der Waals surface area contributed by atoms with E-state index >= 15 is 0 Å². The topological polar surface area (TPSA) is 119 Å². The summed E-state index contributed by atoms with van der Waals surface area (Å²) in [5.41, 5.74) is 2.81. The van der Waals surface area contributed by atoms with Gasteiger partial charge in [0.2, 0.25) is 0 Å². The minimum atomic E-state index is -0.834. The second-order valence-corrected chi connectivity index (χ2v) is 6.73. The van der Waals surface area contributed by atoms with E-state index in [-0.39, 0.29) is 12.5 Å². The van der Waals surface area contributed by atoms with E-state index in [1.54, 1.807) is 23.1 Å². The molecule has 1 aromatic carbocycles. The number of hydrogen-bond acceptors (Lipinski definition) is 7. The van der Waals surface area contributed by atoms with E-state index < -0.39 is 11.8 Å². The van der Waals surface area contributed by atoms with Gasteiger partial charge in [-0.3, -0.25) is 14.4 Å². The summed E-state index contributed by atoms with van der Waals surface area (Å²) >= 11 is 0. The highest BCUT2D eigenvalue weighted by atomic mass is 16.5. The smallest absolute Gasteiger partial charge is 0.329 e. The lowest BCUT2D eigenvalue weighted by molar-refractivity contribution is -0.139. The van der Waals surface area contributed by atoms with Crippen LogP contribution in [0.2, 0.25) is 0 Å². The van der Waals surface area contributed by atoms with Crippen molar-refractivity contribution in [3.63, 3.8) is 0 Å². The molecule has 1 fully saturated rings. The largest absolute Gasteiger partial charge is 0.490 e. The van der Waals surface area contributed by atoms with Gasteiger partial charge in [-0.15, -0.1) is 0 Å². The number of rotatable bonds is 10. The van der Waals surface area contributed by atoms with Gasteiger partial charge in [0.05, 0.1) is 26.0 Å². The van der Waals surface area contributed by atoms with Crippen LogP contribution in [-0.4, -0.2) is 74.9 Å². The van der Waals surface area contributed by atoms with Gasteiger partial charge in [-0.1, -0.05) is 13.3 Å². The number of hydrazone groups is 1. The van der Waals surface area contributed by atoms with Crippen LogP contribution in [0.25, 0.3) is 0 Å². The van der Waals surface area contributed by atoms with Crippen LogP contribution in [-0.2, 0) is 19.1 Å². The fraction of sp³-hybridized carbons (Fsp3) is 0.524. The quantitative estimate of drug-likeness (QED) is 0.242. The molecule has 31 heavy (non-hydrogen) atoms. The SMILES string of the molecule is CCCCNC(=O)C(=O)N/N=C\c1ccc(OCC(=O)N2CCOCC2)c(OCC)c1. The number of carbonyl (C=O) groups is 3. The first-order valence-corrected chi connectivity index (χ1v) is 10.4. The average molecular weight is 434 g/mol. The highest BCUT2D eigenvalue weighted by Crippen LogP contribution is 2.28. The molecule has 2 N–H and O–H groups in total. The van der Waals surface area contributed by atoms with Crippen LogP contribution < -0.4 is 20.2 Å². The first-order chi connectivity index (χ1) is 15.0. The zero-order valence-electron chi connectivity index (χ0n) is 18.0. The molecule has 1 saturated heterocycles. The first kappa shape index (κ1) is 24.1. The second kappa shape index (κ2) is 13.2. The monoisotopic (exact) mass is 434 g/mol. The Balaban J connectivity index is 1.91. The van der Waals surface area contributed by atoms with Crippen LogP contribution in [0.4, 0.5) is 0 Å². The summed E-state index contributed by atoms with van der Waals surface area (Å²) in [5.74, 6) is -0.797. The maximum Gasteiger partial charge on any atom is 0.329 e. The van der Waals surface area contributed by atoms with Crippen LogP contribution in [0.3, 0.4) is 0 Å². The van der Waals surface area contributed by atoms with Crippen molar-refractivity contribution in [2.24, 2.45) is 5.10 Å². The van der Waals surface area contributed by atoms with Gasteiger partial charge in [0.1, 0.15) is 0 Å². The van der Waals surface area contributed by atoms with E-state index in [9.17, 15) is 14.4 Å². The highest BCUT2D eigenvalue weighted by molar-refractivity contribution is 6.35. The Kier molecular flexibility index (Phi) is 10.3. The molecule has 0 spiro atoms. The molecule has 0 aromatic heterocycles. The van der Waals surface area contributed by atoms with E-state index in [0.29, 0.717) is 56.5 Å². The van der Waals surface area contributed by atoms with Crippen molar-refractivity contribution in [1.29, 1.82) is 0 Å². The molecular weight excluding hydrogens is 404 g/mol. The number of benzene rings is 1. The number of amides is 3. The van der Waals surface area contributed by atoms with Crippen LogP contribution in [0.1, 0.15) is 32.3 Å². The third kappa shape index (κ3) is 8.25. The summed E-state index contributed by atoms with van der Waals surface area (Å²) in [7, 11) is 0. The summed E-state index contributed by atoms with van der Waals surface area (Å²) in [6.07, 6.45) is 3.11. The van der Waals surface area contributed by atoms with Gasteiger partial charge in [0.25, 0.3) is 5.91 Å². The zero-order valence-corrected chi connectivity index (χ0v) is 18.0. The summed E-state index contributed by atoms with van der Waals surface area (Å²) in [6, 6.07) is 5.04. The van der Waals surface area contributed by atoms with E-state index in [0.717, 1.165) is 12.8 Å². The molecule has 0 bridgehead atoms. The molecule has 0 saturated carbocycles. The van der Waals surface area contributed by atoms with Crippen molar-refractivity contribution in [3.05, 3.63) is 23.8 Å². The number of unbranched alkanes of at least 4 members (excludes halogenated alkanes) is 1. The molecule has 1 aliphatic rings. The van der Waals surface area contributed by atoms with Crippen LogP contribution in [0, 0.1) is 0 Å². The Bertz CT molecular complexity index is 777. The van der Waals surface area contributed by atoms with E-state index in [4.69, 9.17) is 14.2 Å². The Morgan fingerprint density at radius 3 is 2.61 bits per heavy atom. The third-order valence-electron chi connectivity index (χ3n) is 4.38. The molecule has 1 aliphatic heterocycles. The summed E-state index contributed by atoms with van der Waals surface area (Å²) < 4.78 is 16.5. The molecule has 0 unspecified atom stereocenters. The van der Waals surface area contributed by atoms with Gasteiger partial charge in [0, 0.05) is 19.6 Å². The number of nitrogens with one attached hydrogen (secondary N) is 2. The normalized spacial score (nSPS) is 13.7. The zero-order chi connectivity index (χ0) is 22.5. The summed E-state index contributed by atoms with van der Waals surface area (Å²) in [5, 5.41) is 6.32. The predicted molar refractivity (Wildman–Crippen MR) is 114 cm³/mol. The van der Waals surface area contributed by atoms with Crippen molar-refractivity contribution >= 4 is 23.9 Å². The van der Waals surface area contributed by atoms with Crippen LogP contribution >= 0.6 is 0 Å². The second-order valence-electron chi connectivity index (χ2n) is 6.73. The van der Waals surface area contributed by atoms with Crippen LogP contribution in [0.5, 0.6) is 11.5 Å². The third-order valence-corrected chi connectivity index (χ3v) is 4.38. The van der Waals surface area contributed by atoms with E-state index in [2.05, 4.69) is 15.8 Å². The maximum absolute atomic E-state index is 12.3. The minimum absolute atomic E-state index is 0.100. The van der Waals surface area contributed by atoms with Gasteiger partial charge in [-0.2, -0.15) is 5.10 Å². The van der Waals surface area contributed by atoms with Gasteiger partial charge in [0.15, 0.2) is 18.1 Å². The van der Waals surface area contributed by atoms with Crippen molar-refractivity contribution in [1.82, 2.24) is 15.6 Å². The number of nitrogens with zero attached hydrogens (tertiary/aromatic N) is 2. The number of hydrogen-bond donors (Lipinski definition) is 2. The lowest BCUT2D eigenvalue weighted by Crippen LogP contribution is -2.43. The molecule has 0 atom stereocenters. The fourth-order valence-electron chi connectivity index (χ4n) is 2.71. The van der Waals surface area contributed by atoms with Crippen LogP contribution in [0.15, 0.2) is 23.3 Å². The molecule has 170 valence electrons. The molecule has 1 heterocycles. The van der Waals surface area contributed by atoms with Gasteiger partial charge in [-0.25, -0.2) is 5.43 Å². The molecule has 1 aromatic rings. The summed E-state index contributed by atoms with van der Waals surface area (Å²) in [4.78, 5) is 37.3. The van der Waals surface area contributed by atoms with Crippen molar-refractivity contribution in [3.8, 4) is 11.5 Å². The molecule has 0 radical (unpaired) electrons. The lowest BCUT2D eigenvalue weighted by atomic mass is 10.2. The van der Waals surface area contributed by atoms with Crippen molar-refractivity contribution in [2.75, 3.05) is 46.1 Å². The number of ether oxygens (including phenoxy) is 3. The lowest BCUT2D eigenvalue weighted by Gasteiger charge is -2.26. The molecule has 0 aliphatic carbocycles. The van der Waals surface area contributed by atoms with E-state index in [1.165, 1.54) is 6.21 Å². The standard InChI is InChI=1S/C21H30N4O6/c1-3-5-8-22-20(27)21(28)24-23-14-16-6-7-17(18(13-16)30-4-2)31-15-19(26)25-9-11-29-12-10-25/h6-7,13-14H,3-5,8-12,15H2,1-2H3,(H,22,27)(H,24,28)/b23-14-. The molecule has 10 nitrogen and oxygen atoms in total. The molecule has 10 heteroatoms. The highest BCUT2D eigenvalue weighted by Gasteiger charge is 2.18. The average Bonchev–Trinajstić information content (AvgIpc) is 2.79. The molecule has 3 amide bonds. The number of carbonyl (C=O) groups excluding carboxylic acids is 3. The molecule has 2 rings (SSSR count). The summed E-state index contributed by atoms with van der Waals surface area (Å²) in [6.45, 7) is 6.74. The first-order valence-electron chi connectivity index (χ1n) is 10.4. The van der Waals surface area contributed by atoms with E-state index in [1.807, 2.05) is 13.8 Å². The minimum Gasteiger partial charge on any atom is -0.490 e. The molecular formula is C21H30N4O6. The Hall–Kier alpha value is -3.14. The fourth-order valence-corrected chi connectivity index (χ4v) is 2.71. The van der Waals surface area contributed by atoms with Gasteiger partial charge < -0.3 is 24.4 Å². The van der Waals surface area contributed by atoms with Crippen molar-refractivity contribution < 1.29 is 28.6 Å².